The third-order valence-electron chi connectivity index (χ3n) is 1.39. The van der Waals surface area contributed by atoms with Crippen LogP contribution in [0.4, 0.5) is 0 Å². The summed E-state index contributed by atoms with van der Waals surface area (Å²) in [7, 11) is 1.38. The molecule has 1 atom stereocenters. The van der Waals surface area contributed by atoms with Crippen molar-refractivity contribution >= 4 is 5.97 Å². The summed E-state index contributed by atoms with van der Waals surface area (Å²) >= 11 is 0. The first-order chi connectivity index (χ1) is 5.57. The average Bonchev–Trinajstić information content (AvgIpc) is 1.96. The van der Waals surface area contributed by atoms with E-state index in [1.54, 1.807) is 0 Å². The summed E-state index contributed by atoms with van der Waals surface area (Å²) in [4.78, 5) is 10.4. The van der Waals surface area contributed by atoms with E-state index in [1.807, 2.05) is 13.8 Å². The molecule has 0 amide bonds. The minimum absolute atomic E-state index is 0.135. The molecule has 0 rings (SSSR count). The van der Waals surface area contributed by atoms with Gasteiger partial charge >= 0.3 is 5.97 Å². The maximum atomic E-state index is 10.4. The third-order valence-corrected chi connectivity index (χ3v) is 1.39. The van der Waals surface area contributed by atoms with Gasteiger partial charge in [0.25, 0.3) is 0 Å². The van der Waals surface area contributed by atoms with Crippen molar-refractivity contribution in [2.24, 2.45) is 0 Å². The summed E-state index contributed by atoms with van der Waals surface area (Å²) in [6.07, 6.45) is -0.218. The number of methoxy groups -OCH3 is 1. The molecule has 0 spiro atoms. The van der Waals surface area contributed by atoms with Crippen molar-refractivity contribution in [1.82, 2.24) is 0 Å². The van der Waals surface area contributed by atoms with Crippen molar-refractivity contribution in [3.63, 3.8) is 0 Å². The van der Waals surface area contributed by atoms with Gasteiger partial charge in [0.15, 0.2) is 6.10 Å². The topological polar surface area (TPSA) is 55.8 Å². The SMILES string of the molecule is COC(CCOC(C)C)C(=O)O. The van der Waals surface area contributed by atoms with Crippen LogP contribution in [0.1, 0.15) is 20.3 Å². The first-order valence-electron chi connectivity index (χ1n) is 3.95. The zero-order chi connectivity index (χ0) is 9.56. The molecule has 0 aliphatic carbocycles. The zero-order valence-corrected chi connectivity index (χ0v) is 7.74. The lowest BCUT2D eigenvalue weighted by molar-refractivity contribution is -0.149. The van der Waals surface area contributed by atoms with Crippen LogP contribution in [0.15, 0.2) is 0 Å². The Morgan fingerprint density at radius 2 is 2.08 bits per heavy atom. The van der Waals surface area contributed by atoms with Crippen LogP contribution in [0.5, 0.6) is 0 Å². The van der Waals surface area contributed by atoms with Gasteiger partial charge in [-0.3, -0.25) is 0 Å². The summed E-state index contributed by atoms with van der Waals surface area (Å²) in [5, 5.41) is 8.56. The Balaban J connectivity index is 3.52. The molecule has 0 aromatic carbocycles. The first-order valence-corrected chi connectivity index (χ1v) is 3.95. The van der Waals surface area contributed by atoms with E-state index in [9.17, 15) is 4.79 Å². The number of aliphatic carboxylic acids is 1. The number of hydrogen-bond donors (Lipinski definition) is 1. The Kier molecular flexibility index (Phi) is 5.66. The lowest BCUT2D eigenvalue weighted by atomic mass is 10.2. The average molecular weight is 176 g/mol. The fraction of sp³-hybridized carbons (Fsp3) is 0.875. The van der Waals surface area contributed by atoms with Crippen molar-refractivity contribution in [1.29, 1.82) is 0 Å². The molecule has 72 valence electrons. The molecular formula is C8H16O4. The summed E-state index contributed by atoms with van der Waals surface area (Å²) in [5.41, 5.74) is 0. The molecule has 0 bridgehead atoms. The van der Waals surface area contributed by atoms with Gasteiger partial charge in [0.05, 0.1) is 6.10 Å². The van der Waals surface area contributed by atoms with Crippen LogP contribution in [0, 0.1) is 0 Å². The highest BCUT2D eigenvalue weighted by molar-refractivity contribution is 5.72. The van der Waals surface area contributed by atoms with Crippen molar-refractivity contribution in [3.05, 3.63) is 0 Å². The van der Waals surface area contributed by atoms with Crippen LogP contribution in [0.2, 0.25) is 0 Å². The van der Waals surface area contributed by atoms with Crippen molar-refractivity contribution in [2.75, 3.05) is 13.7 Å². The Labute approximate surface area is 72.5 Å². The number of ether oxygens (including phenoxy) is 2. The zero-order valence-electron chi connectivity index (χ0n) is 7.74. The van der Waals surface area contributed by atoms with Crippen LogP contribution in [-0.2, 0) is 14.3 Å². The monoisotopic (exact) mass is 176 g/mol. The van der Waals surface area contributed by atoms with Gasteiger partial charge in [0.1, 0.15) is 0 Å². The van der Waals surface area contributed by atoms with Crippen LogP contribution in [0.3, 0.4) is 0 Å². The van der Waals surface area contributed by atoms with Gasteiger partial charge < -0.3 is 14.6 Å². The second kappa shape index (κ2) is 5.97. The van der Waals surface area contributed by atoms with E-state index >= 15 is 0 Å². The highest BCUT2D eigenvalue weighted by Gasteiger charge is 2.15. The molecule has 4 heteroatoms. The lowest BCUT2D eigenvalue weighted by Crippen LogP contribution is -2.24. The van der Waals surface area contributed by atoms with Gasteiger partial charge in [-0.05, 0) is 13.8 Å². The van der Waals surface area contributed by atoms with Gasteiger partial charge in [0.2, 0.25) is 0 Å². The van der Waals surface area contributed by atoms with Gasteiger partial charge in [-0.15, -0.1) is 0 Å². The van der Waals surface area contributed by atoms with Crippen LogP contribution in [-0.4, -0.2) is 37.0 Å². The molecule has 0 aliphatic rings. The molecule has 1 unspecified atom stereocenters. The molecule has 12 heavy (non-hydrogen) atoms. The van der Waals surface area contributed by atoms with Crippen molar-refractivity contribution in [2.45, 2.75) is 32.5 Å². The predicted octanol–water partition coefficient (Wildman–Crippen LogP) is 0.901. The third kappa shape index (κ3) is 5.09. The molecule has 0 aromatic heterocycles. The molecule has 0 heterocycles. The van der Waals surface area contributed by atoms with E-state index in [0.29, 0.717) is 13.0 Å². The quantitative estimate of drug-likeness (QED) is 0.653. The van der Waals surface area contributed by atoms with Crippen molar-refractivity contribution < 1.29 is 19.4 Å². The minimum atomic E-state index is -0.940. The largest absolute Gasteiger partial charge is 0.479 e. The molecule has 0 radical (unpaired) electrons. The fourth-order valence-corrected chi connectivity index (χ4v) is 0.753. The van der Waals surface area contributed by atoms with Gasteiger partial charge in [0, 0.05) is 20.1 Å². The van der Waals surface area contributed by atoms with Crippen LogP contribution in [0.25, 0.3) is 0 Å². The highest BCUT2D eigenvalue weighted by atomic mass is 16.5. The van der Waals surface area contributed by atoms with E-state index in [4.69, 9.17) is 14.6 Å². The second-order valence-corrected chi connectivity index (χ2v) is 2.77. The molecule has 4 nitrogen and oxygen atoms in total. The molecule has 0 saturated carbocycles. The summed E-state index contributed by atoms with van der Waals surface area (Å²) in [5.74, 6) is -0.940. The van der Waals surface area contributed by atoms with E-state index in [2.05, 4.69) is 0 Å². The second-order valence-electron chi connectivity index (χ2n) is 2.77. The predicted molar refractivity (Wildman–Crippen MR) is 44.1 cm³/mol. The molecule has 1 N–H and O–H groups in total. The maximum Gasteiger partial charge on any atom is 0.332 e. The van der Waals surface area contributed by atoms with E-state index in [1.165, 1.54) is 7.11 Å². The van der Waals surface area contributed by atoms with Crippen LogP contribution >= 0.6 is 0 Å². The molecular weight excluding hydrogens is 160 g/mol. The maximum absolute atomic E-state index is 10.4. The van der Waals surface area contributed by atoms with Crippen LogP contribution < -0.4 is 0 Å². The Morgan fingerprint density at radius 1 is 1.50 bits per heavy atom. The van der Waals surface area contributed by atoms with E-state index in [-0.39, 0.29) is 6.10 Å². The Morgan fingerprint density at radius 3 is 2.42 bits per heavy atom. The summed E-state index contributed by atoms with van der Waals surface area (Å²) < 4.78 is 9.89. The lowest BCUT2D eigenvalue weighted by Gasteiger charge is -2.11. The van der Waals surface area contributed by atoms with Gasteiger partial charge in [-0.25, -0.2) is 4.79 Å². The minimum Gasteiger partial charge on any atom is -0.479 e. The Bertz CT molecular complexity index is 133. The number of carboxylic acid groups (broad SMARTS) is 1. The van der Waals surface area contributed by atoms with Gasteiger partial charge in [-0.1, -0.05) is 0 Å². The number of rotatable bonds is 6. The first kappa shape index (κ1) is 11.4. The number of carbonyl (C=O) groups is 1. The molecule has 0 aliphatic heterocycles. The number of carboxylic acids is 1. The smallest absolute Gasteiger partial charge is 0.332 e. The number of hydrogen-bond acceptors (Lipinski definition) is 3. The molecule has 0 saturated heterocycles. The van der Waals surface area contributed by atoms with Crippen molar-refractivity contribution in [3.8, 4) is 0 Å². The molecule has 0 fully saturated rings. The highest BCUT2D eigenvalue weighted by Crippen LogP contribution is 1.99. The summed E-state index contributed by atoms with van der Waals surface area (Å²) in [6, 6.07) is 0. The fourth-order valence-electron chi connectivity index (χ4n) is 0.753. The normalized spacial score (nSPS) is 13.3. The summed E-state index contributed by atoms with van der Waals surface area (Å²) in [6.45, 7) is 4.23. The Hall–Kier alpha value is -0.610. The van der Waals surface area contributed by atoms with E-state index in [0.717, 1.165) is 0 Å². The standard InChI is InChI=1S/C8H16O4/c1-6(2)12-5-4-7(11-3)8(9)10/h6-7H,4-5H2,1-3H3,(H,9,10). The molecule has 0 aromatic rings. The van der Waals surface area contributed by atoms with Gasteiger partial charge in [-0.2, -0.15) is 0 Å². The van der Waals surface area contributed by atoms with E-state index < -0.39 is 12.1 Å².